The van der Waals surface area contributed by atoms with Gasteiger partial charge in [-0.3, -0.25) is 4.79 Å². The number of amides is 2. The topological polar surface area (TPSA) is 58.6 Å². The van der Waals surface area contributed by atoms with Crippen LogP contribution < -0.4 is 5.32 Å². The Morgan fingerprint density at radius 1 is 1.04 bits per heavy atom. The second-order valence-electron chi connectivity index (χ2n) is 8.11. The minimum absolute atomic E-state index is 0.0220. The molecular weight excluding hydrogens is 316 g/mol. The van der Waals surface area contributed by atoms with Gasteiger partial charge in [0, 0.05) is 24.7 Å². The Morgan fingerprint density at radius 3 is 2.16 bits per heavy atom. The highest BCUT2D eigenvalue weighted by Gasteiger charge is 2.28. The Bertz CT molecular complexity index is 621. The van der Waals surface area contributed by atoms with Crippen molar-refractivity contribution in [3.63, 3.8) is 0 Å². The minimum Gasteiger partial charge on any atom is -0.444 e. The molecule has 25 heavy (non-hydrogen) atoms. The fourth-order valence-corrected chi connectivity index (χ4v) is 3.12. The standard InChI is InChI=1S/C20H28N2O3/c1-20(2,3)25-19(24)22-12-10-15(11-13-22)14-4-6-16(7-5-14)18(23)21-17-8-9-17/h4-7,15,17H,8-13H2,1-3H3,(H,21,23). The van der Waals surface area contributed by atoms with Crippen molar-refractivity contribution in [2.24, 2.45) is 0 Å². The van der Waals surface area contributed by atoms with Gasteiger partial charge in [0.2, 0.25) is 0 Å². The second-order valence-corrected chi connectivity index (χ2v) is 8.11. The van der Waals surface area contributed by atoms with Gasteiger partial charge in [-0.2, -0.15) is 0 Å². The lowest BCUT2D eigenvalue weighted by Crippen LogP contribution is -2.41. The molecule has 1 aliphatic heterocycles. The number of nitrogens with one attached hydrogen (secondary N) is 1. The van der Waals surface area contributed by atoms with Crippen molar-refractivity contribution in [1.29, 1.82) is 0 Å². The van der Waals surface area contributed by atoms with Gasteiger partial charge in [0.25, 0.3) is 5.91 Å². The summed E-state index contributed by atoms with van der Waals surface area (Å²) >= 11 is 0. The maximum atomic E-state index is 12.1. The first kappa shape index (κ1) is 17.8. The van der Waals surface area contributed by atoms with Crippen molar-refractivity contribution >= 4 is 12.0 Å². The van der Waals surface area contributed by atoms with Crippen LogP contribution in [-0.4, -0.2) is 41.6 Å². The predicted octanol–water partition coefficient (Wildman–Crippen LogP) is 3.69. The van der Waals surface area contributed by atoms with Crippen LogP contribution in [0, 0.1) is 0 Å². The molecule has 2 amide bonds. The number of nitrogens with zero attached hydrogens (tertiary/aromatic N) is 1. The molecule has 3 rings (SSSR count). The van der Waals surface area contributed by atoms with Crippen molar-refractivity contribution in [3.05, 3.63) is 35.4 Å². The summed E-state index contributed by atoms with van der Waals surface area (Å²) in [5.74, 6) is 0.452. The third kappa shape index (κ3) is 4.97. The van der Waals surface area contributed by atoms with Gasteiger partial charge in [-0.15, -0.1) is 0 Å². The zero-order chi connectivity index (χ0) is 18.0. The van der Waals surface area contributed by atoms with E-state index in [9.17, 15) is 9.59 Å². The molecule has 0 bridgehead atoms. The lowest BCUT2D eigenvalue weighted by molar-refractivity contribution is 0.0204. The number of hydrogen-bond donors (Lipinski definition) is 1. The molecule has 0 aromatic heterocycles. The average molecular weight is 344 g/mol. The van der Waals surface area contributed by atoms with Gasteiger partial charge in [0.05, 0.1) is 0 Å². The van der Waals surface area contributed by atoms with Crippen molar-refractivity contribution < 1.29 is 14.3 Å². The van der Waals surface area contributed by atoms with Crippen molar-refractivity contribution in [2.45, 2.75) is 64.0 Å². The fraction of sp³-hybridized carbons (Fsp3) is 0.600. The van der Waals surface area contributed by atoms with Crippen molar-refractivity contribution in [3.8, 4) is 0 Å². The molecule has 1 aromatic carbocycles. The summed E-state index contributed by atoms with van der Waals surface area (Å²) < 4.78 is 5.44. The monoisotopic (exact) mass is 344 g/mol. The van der Waals surface area contributed by atoms with Crippen LogP contribution in [0.25, 0.3) is 0 Å². The molecule has 1 N–H and O–H groups in total. The summed E-state index contributed by atoms with van der Waals surface area (Å²) in [5.41, 5.74) is 1.51. The number of rotatable bonds is 3. The van der Waals surface area contributed by atoms with Crippen LogP contribution in [0.5, 0.6) is 0 Å². The Hall–Kier alpha value is -2.04. The van der Waals surface area contributed by atoms with E-state index in [1.807, 2.05) is 32.9 Å². The number of benzene rings is 1. The van der Waals surface area contributed by atoms with Crippen LogP contribution in [0.2, 0.25) is 0 Å². The van der Waals surface area contributed by atoms with Crippen LogP contribution in [0.3, 0.4) is 0 Å². The van der Waals surface area contributed by atoms with Gasteiger partial charge in [0.15, 0.2) is 0 Å². The number of carbonyl (C=O) groups is 2. The van der Waals surface area contributed by atoms with E-state index in [2.05, 4.69) is 17.4 Å². The van der Waals surface area contributed by atoms with Gasteiger partial charge in [-0.25, -0.2) is 4.79 Å². The maximum Gasteiger partial charge on any atom is 0.410 e. The first-order valence-electron chi connectivity index (χ1n) is 9.20. The molecule has 1 saturated carbocycles. The van der Waals surface area contributed by atoms with Crippen LogP contribution in [0.1, 0.15) is 68.3 Å². The quantitative estimate of drug-likeness (QED) is 0.910. The molecule has 136 valence electrons. The van der Waals surface area contributed by atoms with E-state index in [0.29, 0.717) is 25.0 Å². The molecule has 1 aliphatic carbocycles. The normalized spacial score (nSPS) is 18.8. The van der Waals surface area contributed by atoms with Crippen LogP contribution in [0.4, 0.5) is 4.79 Å². The average Bonchev–Trinajstić information content (AvgIpc) is 3.37. The van der Waals surface area contributed by atoms with Gasteiger partial charge >= 0.3 is 6.09 Å². The van der Waals surface area contributed by atoms with Crippen LogP contribution >= 0.6 is 0 Å². The third-order valence-electron chi connectivity index (χ3n) is 4.70. The maximum absolute atomic E-state index is 12.1. The molecule has 1 saturated heterocycles. The Balaban J connectivity index is 1.52. The predicted molar refractivity (Wildman–Crippen MR) is 96.7 cm³/mol. The highest BCUT2D eigenvalue weighted by molar-refractivity contribution is 5.94. The van der Waals surface area contributed by atoms with Gasteiger partial charge in [-0.1, -0.05) is 12.1 Å². The lowest BCUT2D eigenvalue weighted by Gasteiger charge is -2.33. The Labute approximate surface area is 149 Å². The van der Waals surface area contributed by atoms with E-state index in [1.54, 1.807) is 4.90 Å². The first-order chi connectivity index (χ1) is 11.8. The number of carbonyl (C=O) groups excluding carboxylic acids is 2. The van der Waals surface area contributed by atoms with Gasteiger partial charge in [-0.05, 0) is 70.1 Å². The zero-order valence-corrected chi connectivity index (χ0v) is 15.4. The van der Waals surface area contributed by atoms with E-state index in [-0.39, 0.29) is 12.0 Å². The fourth-order valence-electron chi connectivity index (χ4n) is 3.12. The van der Waals surface area contributed by atoms with E-state index in [4.69, 9.17) is 4.74 Å². The first-order valence-corrected chi connectivity index (χ1v) is 9.20. The lowest BCUT2D eigenvalue weighted by atomic mass is 9.89. The van der Waals surface area contributed by atoms with E-state index in [1.165, 1.54) is 5.56 Å². The largest absolute Gasteiger partial charge is 0.444 e. The number of hydrogen-bond acceptors (Lipinski definition) is 3. The van der Waals surface area contributed by atoms with Crippen molar-refractivity contribution in [2.75, 3.05) is 13.1 Å². The molecule has 2 aliphatic rings. The molecule has 0 unspecified atom stereocenters. The van der Waals surface area contributed by atoms with Gasteiger partial charge in [0.1, 0.15) is 5.60 Å². The van der Waals surface area contributed by atoms with Gasteiger partial charge < -0.3 is 15.0 Å². The van der Waals surface area contributed by atoms with E-state index >= 15 is 0 Å². The zero-order valence-electron chi connectivity index (χ0n) is 15.4. The minimum atomic E-state index is -0.454. The summed E-state index contributed by atoms with van der Waals surface area (Å²) in [4.78, 5) is 26.0. The molecule has 5 heteroatoms. The van der Waals surface area contributed by atoms with E-state index < -0.39 is 5.60 Å². The highest BCUT2D eigenvalue weighted by Crippen LogP contribution is 2.29. The molecule has 2 fully saturated rings. The molecule has 0 radical (unpaired) electrons. The van der Waals surface area contributed by atoms with Crippen LogP contribution in [-0.2, 0) is 4.74 Å². The number of ether oxygens (including phenoxy) is 1. The Morgan fingerprint density at radius 2 is 1.64 bits per heavy atom. The SMILES string of the molecule is CC(C)(C)OC(=O)N1CCC(c2ccc(C(=O)NC3CC3)cc2)CC1. The molecule has 1 heterocycles. The Kier molecular flexibility index (Phi) is 5.02. The molecule has 1 aromatic rings. The summed E-state index contributed by atoms with van der Waals surface area (Å²) in [7, 11) is 0. The second kappa shape index (κ2) is 7.06. The smallest absolute Gasteiger partial charge is 0.410 e. The highest BCUT2D eigenvalue weighted by atomic mass is 16.6. The molecular formula is C20H28N2O3. The molecule has 5 nitrogen and oxygen atoms in total. The summed E-state index contributed by atoms with van der Waals surface area (Å²) in [5, 5.41) is 3.01. The number of likely N-dealkylation sites (tertiary alicyclic amines) is 1. The molecule has 0 atom stereocenters. The van der Waals surface area contributed by atoms with E-state index in [0.717, 1.165) is 31.2 Å². The summed E-state index contributed by atoms with van der Waals surface area (Å²) in [6, 6.07) is 8.30. The summed E-state index contributed by atoms with van der Waals surface area (Å²) in [6.45, 7) is 7.09. The number of piperidine rings is 1. The summed E-state index contributed by atoms with van der Waals surface area (Å²) in [6.07, 6.45) is 3.82. The third-order valence-corrected chi connectivity index (χ3v) is 4.70. The van der Waals surface area contributed by atoms with Crippen molar-refractivity contribution in [1.82, 2.24) is 10.2 Å². The molecule has 0 spiro atoms. The van der Waals surface area contributed by atoms with Crippen LogP contribution in [0.15, 0.2) is 24.3 Å².